The van der Waals surface area contributed by atoms with Crippen LogP contribution in [0, 0.1) is 0 Å². The first-order chi connectivity index (χ1) is 11.2. The van der Waals surface area contributed by atoms with Gasteiger partial charge in [0.15, 0.2) is 0 Å². The molecule has 2 heterocycles. The third kappa shape index (κ3) is 3.31. The number of hydrogen-bond donors (Lipinski definition) is 0. The fourth-order valence-corrected chi connectivity index (χ4v) is 3.50. The van der Waals surface area contributed by atoms with E-state index in [2.05, 4.69) is 35.0 Å². The number of nitrogens with zero attached hydrogens (tertiary/aromatic N) is 2. The number of carbonyl (C=O) groups is 1. The minimum absolute atomic E-state index is 0.221. The van der Waals surface area contributed by atoms with Gasteiger partial charge in [-0.15, -0.1) is 0 Å². The molecular weight excluding hydrogens is 288 g/mol. The van der Waals surface area contributed by atoms with Gasteiger partial charge in [-0.3, -0.25) is 9.78 Å². The Morgan fingerprint density at radius 1 is 1.35 bits per heavy atom. The van der Waals surface area contributed by atoms with E-state index >= 15 is 0 Å². The fraction of sp³-hybridized carbons (Fsp3) is 0.474. The summed E-state index contributed by atoms with van der Waals surface area (Å²) in [6.45, 7) is 3.33. The molecule has 23 heavy (non-hydrogen) atoms. The van der Waals surface area contributed by atoms with E-state index in [-0.39, 0.29) is 12.4 Å². The molecule has 2 aromatic rings. The van der Waals surface area contributed by atoms with E-state index in [9.17, 15) is 4.79 Å². The van der Waals surface area contributed by atoms with Crippen molar-refractivity contribution in [3.05, 3.63) is 36.0 Å². The minimum Gasteiger partial charge on any atom is -0.469 e. The summed E-state index contributed by atoms with van der Waals surface area (Å²) in [5.41, 5.74) is 2.94. The molecule has 0 radical (unpaired) electrons. The second-order valence-corrected chi connectivity index (χ2v) is 6.15. The molecule has 0 bridgehead atoms. The second-order valence-electron chi connectivity index (χ2n) is 6.15. The van der Waals surface area contributed by atoms with E-state index in [1.165, 1.54) is 37.4 Å². The zero-order chi connectivity index (χ0) is 16.2. The number of anilines is 1. The lowest BCUT2D eigenvalue weighted by molar-refractivity contribution is -0.139. The number of benzene rings is 1. The monoisotopic (exact) mass is 312 g/mol. The molecule has 122 valence electrons. The van der Waals surface area contributed by atoms with Gasteiger partial charge in [-0.2, -0.15) is 0 Å². The molecule has 0 N–H and O–H groups in total. The highest BCUT2D eigenvalue weighted by Gasteiger charge is 2.23. The summed E-state index contributed by atoms with van der Waals surface area (Å²) in [4.78, 5) is 18.8. The first-order valence-electron chi connectivity index (χ1n) is 8.45. The number of piperidine rings is 1. The van der Waals surface area contributed by atoms with Gasteiger partial charge in [-0.1, -0.05) is 25.1 Å². The molecule has 1 aliphatic rings. The van der Waals surface area contributed by atoms with Crippen molar-refractivity contribution < 1.29 is 9.53 Å². The maximum Gasteiger partial charge on any atom is 0.311 e. The molecular formula is C19H24N2O2. The summed E-state index contributed by atoms with van der Waals surface area (Å²) in [5, 5.41) is 1.17. The number of aromatic nitrogens is 1. The van der Waals surface area contributed by atoms with Crippen molar-refractivity contribution in [2.75, 3.05) is 18.6 Å². The fourth-order valence-electron chi connectivity index (χ4n) is 3.50. The number of hydrogen-bond acceptors (Lipinski definition) is 4. The largest absolute Gasteiger partial charge is 0.469 e. The maximum absolute atomic E-state index is 11.6. The van der Waals surface area contributed by atoms with Crippen LogP contribution in [0.2, 0.25) is 0 Å². The molecule has 4 nitrogen and oxygen atoms in total. The summed E-state index contributed by atoms with van der Waals surface area (Å²) in [6, 6.07) is 10.8. The van der Waals surface area contributed by atoms with Gasteiger partial charge < -0.3 is 9.64 Å². The molecule has 1 aliphatic heterocycles. The molecule has 1 aromatic carbocycles. The van der Waals surface area contributed by atoms with Gasteiger partial charge in [0.25, 0.3) is 0 Å². The van der Waals surface area contributed by atoms with Gasteiger partial charge in [0.05, 0.1) is 24.7 Å². The Labute approximate surface area is 137 Å². The topological polar surface area (TPSA) is 42.4 Å². The minimum atomic E-state index is -0.246. The average molecular weight is 312 g/mol. The van der Waals surface area contributed by atoms with E-state index < -0.39 is 0 Å². The van der Waals surface area contributed by atoms with Gasteiger partial charge >= 0.3 is 5.97 Å². The predicted molar refractivity (Wildman–Crippen MR) is 92.7 cm³/mol. The lowest BCUT2D eigenvalue weighted by Crippen LogP contribution is -2.39. The van der Waals surface area contributed by atoms with E-state index in [0.29, 0.717) is 6.04 Å². The molecule has 1 unspecified atom stereocenters. The number of pyridine rings is 1. The lowest BCUT2D eigenvalue weighted by atomic mass is 9.98. The molecule has 1 saturated heterocycles. The van der Waals surface area contributed by atoms with Crippen molar-refractivity contribution in [2.45, 2.75) is 45.1 Å². The van der Waals surface area contributed by atoms with E-state index in [1.807, 2.05) is 12.1 Å². The van der Waals surface area contributed by atoms with Gasteiger partial charge in [0.2, 0.25) is 0 Å². The van der Waals surface area contributed by atoms with Crippen LogP contribution in [0.15, 0.2) is 30.3 Å². The van der Waals surface area contributed by atoms with Crippen LogP contribution >= 0.6 is 0 Å². The smallest absolute Gasteiger partial charge is 0.311 e. The van der Waals surface area contributed by atoms with Crippen molar-refractivity contribution in [1.29, 1.82) is 0 Å². The molecule has 1 fully saturated rings. The normalized spacial score (nSPS) is 18.2. The number of methoxy groups -OCH3 is 1. The highest BCUT2D eigenvalue weighted by Crippen LogP contribution is 2.32. The Balaban J connectivity index is 2.07. The molecule has 1 aromatic heterocycles. The predicted octanol–water partition coefficient (Wildman–Crippen LogP) is 3.72. The molecule has 0 saturated carbocycles. The third-order valence-corrected chi connectivity index (χ3v) is 4.71. The SMILES string of the molecule is CCC1CCCCN1c1cc(CC(=O)OC)nc2ccccc12. The second kappa shape index (κ2) is 6.99. The Morgan fingerprint density at radius 3 is 2.96 bits per heavy atom. The van der Waals surface area contributed by atoms with E-state index in [4.69, 9.17) is 4.74 Å². The summed E-state index contributed by atoms with van der Waals surface area (Å²) in [5.74, 6) is -0.246. The summed E-state index contributed by atoms with van der Waals surface area (Å²) in [7, 11) is 1.42. The van der Waals surface area contributed by atoms with Gasteiger partial charge in [-0.05, 0) is 37.8 Å². The number of esters is 1. The molecule has 0 amide bonds. The summed E-state index contributed by atoms with van der Waals surface area (Å²) in [6.07, 6.45) is 5.12. The number of para-hydroxylation sites is 1. The van der Waals surface area contributed by atoms with Crippen molar-refractivity contribution in [3.8, 4) is 0 Å². The van der Waals surface area contributed by atoms with Crippen LogP contribution in [0.5, 0.6) is 0 Å². The van der Waals surface area contributed by atoms with Crippen LogP contribution in [0.4, 0.5) is 5.69 Å². The quantitative estimate of drug-likeness (QED) is 0.807. The Kier molecular flexibility index (Phi) is 4.79. The summed E-state index contributed by atoms with van der Waals surface area (Å²) < 4.78 is 4.80. The highest BCUT2D eigenvalue weighted by atomic mass is 16.5. The maximum atomic E-state index is 11.6. The first kappa shape index (κ1) is 15.8. The van der Waals surface area contributed by atoms with Crippen molar-refractivity contribution in [2.24, 2.45) is 0 Å². The molecule has 0 aliphatic carbocycles. The van der Waals surface area contributed by atoms with Crippen molar-refractivity contribution >= 4 is 22.6 Å². The van der Waals surface area contributed by atoms with Crippen LogP contribution in [0.25, 0.3) is 10.9 Å². The molecule has 0 spiro atoms. The Hall–Kier alpha value is -2.10. The van der Waals surface area contributed by atoms with Crippen molar-refractivity contribution in [1.82, 2.24) is 4.98 Å². The Morgan fingerprint density at radius 2 is 2.17 bits per heavy atom. The number of fused-ring (bicyclic) bond motifs is 1. The zero-order valence-corrected chi connectivity index (χ0v) is 13.9. The number of ether oxygens (including phenoxy) is 1. The van der Waals surface area contributed by atoms with Gasteiger partial charge in [0, 0.05) is 23.7 Å². The standard InChI is InChI=1S/C19H24N2O2/c1-3-15-8-6-7-11-21(15)18-12-14(13-19(22)23-2)20-17-10-5-4-9-16(17)18/h4-5,9-10,12,15H,3,6-8,11,13H2,1-2H3. The lowest BCUT2D eigenvalue weighted by Gasteiger charge is -2.38. The van der Waals surface area contributed by atoms with Crippen LogP contribution in [0.1, 0.15) is 38.3 Å². The highest BCUT2D eigenvalue weighted by molar-refractivity contribution is 5.92. The van der Waals surface area contributed by atoms with E-state index in [0.717, 1.165) is 24.2 Å². The van der Waals surface area contributed by atoms with Gasteiger partial charge in [-0.25, -0.2) is 0 Å². The Bertz CT molecular complexity index is 699. The van der Waals surface area contributed by atoms with Gasteiger partial charge in [0.1, 0.15) is 0 Å². The van der Waals surface area contributed by atoms with Crippen molar-refractivity contribution in [3.63, 3.8) is 0 Å². The molecule has 3 rings (SSSR count). The third-order valence-electron chi connectivity index (χ3n) is 4.71. The molecule has 1 atom stereocenters. The zero-order valence-electron chi connectivity index (χ0n) is 13.9. The van der Waals surface area contributed by atoms with Crippen LogP contribution in [-0.4, -0.2) is 30.6 Å². The van der Waals surface area contributed by atoms with Crippen LogP contribution < -0.4 is 4.90 Å². The van der Waals surface area contributed by atoms with Crippen LogP contribution in [0.3, 0.4) is 0 Å². The number of carbonyl (C=O) groups excluding carboxylic acids is 1. The molecule has 4 heteroatoms. The van der Waals surface area contributed by atoms with E-state index in [1.54, 1.807) is 0 Å². The number of rotatable bonds is 4. The van der Waals surface area contributed by atoms with Crippen LogP contribution in [-0.2, 0) is 16.0 Å². The average Bonchev–Trinajstić information content (AvgIpc) is 2.60. The summed E-state index contributed by atoms with van der Waals surface area (Å²) >= 11 is 0. The first-order valence-corrected chi connectivity index (χ1v) is 8.45.